The largest absolute Gasteiger partial charge is 0.321 e. The average molecular weight is 171 g/mol. The number of hydrogen-bond donors (Lipinski definition) is 1. The molecule has 0 saturated carbocycles. The van der Waals surface area contributed by atoms with Crippen LogP contribution in [0.25, 0.3) is 0 Å². The zero-order valence-electron chi connectivity index (χ0n) is 8.85. The Kier molecular flexibility index (Phi) is 3.91. The van der Waals surface area contributed by atoms with Crippen LogP contribution in [-0.4, -0.2) is 11.8 Å². The Labute approximate surface area is 75.5 Å². The molecule has 12 heavy (non-hydrogen) atoms. The summed E-state index contributed by atoms with van der Waals surface area (Å²) in [4.78, 5) is 11.6. The molecular weight excluding hydrogens is 150 g/mol. The first-order valence-corrected chi connectivity index (χ1v) is 4.55. The van der Waals surface area contributed by atoms with Gasteiger partial charge in [0.05, 0.1) is 6.04 Å². The summed E-state index contributed by atoms with van der Waals surface area (Å²) in [7, 11) is 0. The first kappa shape index (κ1) is 11.6. The average Bonchev–Trinajstić information content (AvgIpc) is 1.82. The molecule has 2 heteroatoms. The summed E-state index contributed by atoms with van der Waals surface area (Å²) in [5, 5.41) is 0. The third kappa shape index (κ3) is 3.86. The van der Waals surface area contributed by atoms with E-state index in [0.717, 1.165) is 6.42 Å². The van der Waals surface area contributed by atoms with Gasteiger partial charge in [0.2, 0.25) is 0 Å². The summed E-state index contributed by atoms with van der Waals surface area (Å²) in [6.45, 7) is 9.90. The summed E-state index contributed by atoms with van der Waals surface area (Å²) in [5.41, 5.74) is 5.46. The predicted octanol–water partition coefficient (Wildman–Crippen LogP) is 1.98. The van der Waals surface area contributed by atoms with E-state index in [2.05, 4.69) is 13.8 Å². The van der Waals surface area contributed by atoms with Crippen LogP contribution in [0, 0.1) is 11.3 Å². The Bertz CT molecular complexity index is 156. The van der Waals surface area contributed by atoms with Crippen LogP contribution in [0.3, 0.4) is 0 Å². The zero-order chi connectivity index (χ0) is 9.94. The molecule has 0 heterocycles. The molecular formula is C10H21NO. The topological polar surface area (TPSA) is 43.1 Å². The summed E-state index contributed by atoms with van der Waals surface area (Å²) in [5.74, 6) is 0.655. The zero-order valence-corrected chi connectivity index (χ0v) is 8.85. The maximum Gasteiger partial charge on any atom is 0.154 e. The van der Waals surface area contributed by atoms with Crippen molar-refractivity contribution in [2.24, 2.45) is 17.1 Å². The number of ketones is 1. The first-order valence-electron chi connectivity index (χ1n) is 4.55. The van der Waals surface area contributed by atoms with Crippen LogP contribution in [0.2, 0.25) is 0 Å². The fourth-order valence-corrected chi connectivity index (χ4v) is 1.17. The van der Waals surface area contributed by atoms with Gasteiger partial charge in [0.25, 0.3) is 0 Å². The van der Waals surface area contributed by atoms with Gasteiger partial charge in [0, 0.05) is 5.41 Å². The van der Waals surface area contributed by atoms with Gasteiger partial charge in [-0.2, -0.15) is 0 Å². The monoisotopic (exact) mass is 171 g/mol. The van der Waals surface area contributed by atoms with Crippen LogP contribution in [0.4, 0.5) is 0 Å². The molecule has 0 aromatic heterocycles. The second kappa shape index (κ2) is 4.04. The molecule has 0 saturated heterocycles. The molecule has 0 bridgehead atoms. The maximum absolute atomic E-state index is 11.6. The van der Waals surface area contributed by atoms with E-state index >= 15 is 0 Å². The standard InChI is InChI=1S/C10H21NO/c1-7(2)6-8(11)9(12)10(3,4)5/h7-8H,6,11H2,1-5H3/t8-/m1/s1. The molecule has 72 valence electrons. The van der Waals surface area contributed by atoms with Gasteiger partial charge in [0.1, 0.15) is 0 Å². The quantitative estimate of drug-likeness (QED) is 0.705. The molecule has 0 spiro atoms. The Morgan fingerprint density at radius 2 is 1.75 bits per heavy atom. The van der Waals surface area contributed by atoms with Crippen LogP contribution in [0.5, 0.6) is 0 Å². The Morgan fingerprint density at radius 3 is 2.00 bits per heavy atom. The van der Waals surface area contributed by atoms with Gasteiger partial charge in [-0.25, -0.2) is 0 Å². The van der Waals surface area contributed by atoms with Crippen molar-refractivity contribution in [1.82, 2.24) is 0 Å². The van der Waals surface area contributed by atoms with Crippen molar-refractivity contribution in [2.45, 2.75) is 47.1 Å². The fourth-order valence-electron chi connectivity index (χ4n) is 1.17. The van der Waals surface area contributed by atoms with Crippen LogP contribution in [-0.2, 0) is 4.79 Å². The molecule has 0 radical (unpaired) electrons. The van der Waals surface area contributed by atoms with Gasteiger partial charge >= 0.3 is 0 Å². The lowest BCUT2D eigenvalue weighted by Crippen LogP contribution is -2.39. The van der Waals surface area contributed by atoms with Gasteiger partial charge < -0.3 is 5.73 Å². The molecule has 0 amide bonds. The summed E-state index contributed by atoms with van der Waals surface area (Å²) in [6, 6.07) is -0.287. The highest BCUT2D eigenvalue weighted by atomic mass is 16.1. The van der Waals surface area contributed by atoms with Crippen LogP contribution >= 0.6 is 0 Å². The molecule has 2 N–H and O–H groups in total. The van der Waals surface area contributed by atoms with E-state index in [1.165, 1.54) is 0 Å². The van der Waals surface area contributed by atoms with Crippen LogP contribution in [0.1, 0.15) is 41.0 Å². The molecule has 0 aromatic carbocycles. The van der Waals surface area contributed by atoms with Crippen molar-refractivity contribution in [3.8, 4) is 0 Å². The fraction of sp³-hybridized carbons (Fsp3) is 0.900. The van der Waals surface area contributed by atoms with Gasteiger partial charge in [-0.1, -0.05) is 34.6 Å². The Balaban J connectivity index is 4.12. The third-order valence-electron chi connectivity index (χ3n) is 1.80. The lowest BCUT2D eigenvalue weighted by atomic mass is 9.84. The Hall–Kier alpha value is -0.370. The minimum absolute atomic E-state index is 0.163. The molecule has 0 aliphatic carbocycles. The molecule has 0 rings (SSSR count). The van der Waals surface area contributed by atoms with Crippen molar-refractivity contribution in [3.63, 3.8) is 0 Å². The molecule has 0 aromatic rings. The minimum Gasteiger partial charge on any atom is -0.321 e. The second-order valence-corrected chi connectivity index (χ2v) is 4.85. The SMILES string of the molecule is CC(C)C[C@@H](N)C(=O)C(C)(C)C. The van der Waals surface area contributed by atoms with E-state index in [9.17, 15) is 4.79 Å². The van der Waals surface area contributed by atoms with Crippen molar-refractivity contribution >= 4 is 5.78 Å². The predicted molar refractivity (Wildman–Crippen MR) is 51.9 cm³/mol. The number of hydrogen-bond acceptors (Lipinski definition) is 2. The van der Waals surface area contributed by atoms with Gasteiger partial charge in [-0.3, -0.25) is 4.79 Å². The van der Waals surface area contributed by atoms with E-state index < -0.39 is 0 Å². The summed E-state index contributed by atoms with van der Waals surface area (Å²) >= 11 is 0. The lowest BCUT2D eigenvalue weighted by molar-refractivity contribution is -0.127. The number of rotatable bonds is 3. The summed E-state index contributed by atoms with van der Waals surface area (Å²) in [6.07, 6.45) is 0.788. The number of Topliss-reactive ketones (excluding diaryl/α,β-unsaturated/α-hetero) is 1. The molecule has 0 fully saturated rings. The number of carbonyl (C=O) groups excluding carboxylic acids is 1. The van der Waals surface area contributed by atoms with Crippen LogP contribution in [0.15, 0.2) is 0 Å². The normalized spacial score (nSPS) is 14.9. The smallest absolute Gasteiger partial charge is 0.154 e. The van der Waals surface area contributed by atoms with E-state index in [-0.39, 0.29) is 17.2 Å². The molecule has 0 aliphatic heterocycles. The molecule has 0 unspecified atom stereocenters. The summed E-state index contributed by atoms with van der Waals surface area (Å²) < 4.78 is 0. The van der Waals surface area contributed by atoms with Gasteiger partial charge in [-0.05, 0) is 12.3 Å². The second-order valence-electron chi connectivity index (χ2n) is 4.85. The van der Waals surface area contributed by atoms with Crippen LogP contribution < -0.4 is 5.73 Å². The van der Waals surface area contributed by atoms with Gasteiger partial charge in [0.15, 0.2) is 5.78 Å². The highest BCUT2D eigenvalue weighted by molar-refractivity contribution is 5.88. The lowest BCUT2D eigenvalue weighted by Gasteiger charge is -2.22. The van der Waals surface area contributed by atoms with E-state index in [1.807, 2.05) is 20.8 Å². The van der Waals surface area contributed by atoms with E-state index in [1.54, 1.807) is 0 Å². The molecule has 2 nitrogen and oxygen atoms in total. The van der Waals surface area contributed by atoms with Gasteiger partial charge in [-0.15, -0.1) is 0 Å². The minimum atomic E-state index is -0.297. The van der Waals surface area contributed by atoms with Crippen molar-refractivity contribution in [2.75, 3.05) is 0 Å². The van der Waals surface area contributed by atoms with Crippen molar-refractivity contribution < 1.29 is 4.79 Å². The molecule has 0 aliphatic rings. The Morgan fingerprint density at radius 1 is 1.33 bits per heavy atom. The van der Waals surface area contributed by atoms with Crippen molar-refractivity contribution in [3.05, 3.63) is 0 Å². The first-order chi connectivity index (χ1) is 5.25. The van der Waals surface area contributed by atoms with E-state index in [4.69, 9.17) is 5.73 Å². The highest BCUT2D eigenvalue weighted by Crippen LogP contribution is 2.18. The number of nitrogens with two attached hydrogens (primary N) is 1. The highest BCUT2D eigenvalue weighted by Gasteiger charge is 2.27. The molecule has 1 atom stereocenters. The number of carbonyl (C=O) groups is 1. The maximum atomic E-state index is 11.6. The van der Waals surface area contributed by atoms with E-state index in [0.29, 0.717) is 5.92 Å². The van der Waals surface area contributed by atoms with Crippen molar-refractivity contribution in [1.29, 1.82) is 0 Å². The third-order valence-corrected chi connectivity index (χ3v) is 1.80.